The van der Waals surface area contributed by atoms with Gasteiger partial charge in [0.25, 0.3) is 0 Å². The van der Waals surface area contributed by atoms with Gasteiger partial charge in [-0.1, -0.05) is 18.2 Å². The Morgan fingerprint density at radius 2 is 1.71 bits per heavy atom. The third kappa shape index (κ3) is 3.50. The van der Waals surface area contributed by atoms with Gasteiger partial charge in [-0.25, -0.2) is 4.79 Å². The van der Waals surface area contributed by atoms with Crippen molar-refractivity contribution in [2.45, 2.75) is 34.6 Å². The normalized spacial score (nSPS) is 10.5. The molecule has 24 heavy (non-hydrogen) atoms. The molecule has 0 amide bonds. The number of aromatic amines is 1. The van der Waals surface area contributed by atoms with Crippen LogP contribution < -0.4 is 4.74 Å². The van der Waals surface area contributed by atoms with Crippen molar-refractivity contribution in [1.29, 1.82) is 0 Å². The summed E-state index contributed by atoms with van der Waals surface area (Å²) >= 11 is 0. The predicted molar refractivity (Wildman–Crippen MR) is 92.0 cm³/mol. The van der Waals surface area contributed by atoms with E-state index in [0.29, 0.717) is 29.1 Å². The minimum atomic E-state index is -0.418. The first-order valence-electron chi connectivity index (χ1n) is 7.95. The van der Waals surface area contributed by atoms with E-state index in [2.05, 4.69) is 4.98 Å². The molecule has 0 bridgehead atoms. The standard InChI is InChI=1S/C19H23NO4/c1-6-23-19(22)16-13(4)17(20-14(16)5)15(21)10-24-18-11(2)8-7-9-12(18)3/h7-9,20H,6,10H2,1-5H3. The molecule has 0 unspecified atom stereocenters. The summed E-state index contributed by atoms with van der Waals surface area (Å²) in [6, 6.07) is 5.83. The molecule has 5 heteroatoms. The number of benzene rings is 1. The van der Waals surface area contributed by atoms with Crippen LogP contribution in [-0.4, -0.2) is 30.0 Å². The molecule has 1 N–H and O–H groups in total. The highest BCUT2D eigenvalue weighted by atomic mass is 16.5. The van der Waals surface area contributed by atoms with Crippen LogP contribution >= 0.6 is 0 Å². The van der Waals surface area contributed by atoms with Crippen molar-refractivity contribution in [3.8, 4) is 5.75 Å². The molecule has 0 saturated heterocycles. The molecule has 2 rings (SSSR count). The Bertz CT molecular complexity index is 754. The van der Waals surface area contributed by atoms with Crippen LogP contribution in [-0.2, 0) is 4.74 Å². The second-order valence-corrected chi connectivity index (χ2v) is 5.78. The number of nitrogens with one attached hydrogen (secondary N) is 1. The van der Waals surface area contributed by atoms with Gasteiger partial charge in [-0.15, -0.1) is 0 Å². The smallest absolute Gasteiger partial charge is 0.340 e. The lowest BCUT2D eigenvalue weighted by atomic mass is 10.1. The molecule has 0 aliphatic rings. The molecule has 0 aliphatic heterocycles. The summed E-state index contributed by atoms with van der Waals surface area (Å²) in [5.41, 5.74) is 4.00. The van der Waals surface area contributed by atoms with Crippen molar-refractivity contribution in [2.24, 2.45) is 0 Å². The second-order valence-electron chi connectivity index (χ2n) is 5.78. The highest BCUT2D eigenvalue weighted by molar-refractivity contribution is 6.02. The Labute approximate surface area is 142 Å². The molecule has 2 aromatic rings. The fraction of sp³-hybridized carbons (Fsp3) is 0.368. The van der Waals surface area contributed by atoms with Gasteiger partial charge >= 0.3 is 5.97 Å². The van der Waals surface area contributed by atoms with Crippen LogP contribution in [0.15, 0.2) is 18.2 Å². The molecular formula is C19H23NO4. The van der Waals surface area contributed by atoms with E-state index in [-0.39, 0.29) is 12.4 Å². The number of esters is 1. The van der Waals surface area contributed by atoms with Gasteiger partial charge in [0.1, 0.15) is 5.75 Å². The summed E-state index contributed by atoms with van der Waals surface area (Å²) in [6.07, 6.45) is 0. The SMILES string of the molecule is CCOC(=O)c1c(C)[nH]c(C(=O)COc2c(C)cccc2C)c1C. The van der Waals surface area contributed by atoms with Gasteiger partial charge in [-0.2, -0.15) is 0 Å². The molecule has 0 saturated carbocycles. The van der Waals surface area contributed by atoms with E-state index in [4.69, 9.17) is 9.47 Å². The Kier molecular flexibility index (Phi) is 5.44. The number of para-hydroxylation sites is 1. The largest absolute Gasteiger partial charge is 0.485 e. The van der Waals surface area contributed by atoms with E-state index < -0.39 is 5.97 Å². The summed E-state index contributed by atoms with van der Waals surface area (Å²) in [5.74, 6) is 0.102. The number of rotatable bonds is 6. The van der Waals surface area contributed by atoms with Crippen molar-refractivity contribution >= 4 is 11.8 Å². The quantitative estimate of drug-likeness (QED) is 0.648. The second kappa shape index (κ2) is 7.34. The Hall–Kier alpha value is -2.56. The fourth-order valence-corrected chi connectivity index (χ4v) is 2.78. The minimum absolute atomic E-state index is 0.0885. The van der Waals surface area contributed by atoms with Gasteiger partial charge in [0, 0.05) is 5.69 Å². The lowest BCUT2D eigenvalue weighted by Crippen LogP contribution is -2.14. The summed E-state index contributed by atoms with van der Waals surface area (Å²) in [5, 5.41) is 0. The van der Waals surface area contributed by atoms with Crippen molar-refractivity contribution in [3.63, 3.8) is 0 Å². The maximum Gasteiger partial charge on any atom is 0.340 e. The predicted octanol–water partition coefficient (Wildman–Crippen LogP) is 3.69. The number of ether oxygens (including phenoxy) is 2. The van der Waals surface area contributed by atoms with Crippen LogP contribution in [0.4, 0.5) is 0 Å². The van der Waals surface area contributed by atoms with Gasteiger partial charge in [-0.3, -0.25) is 4.79 Å². The first-order valence-corrected chi connectivity index (χ1v) is 7.95. The number of Topliss-reactive ketones (excluding diaryl/α,β-unsaturated/α-hetero) is 1. The number of ketones is 1. The van der Waals surface area contributed by atoms with Crippen molar-refractivity contribution in [2.75, 3.05) is 13.2 Å². The fourth-order valence-electron chi connectivity index (χ4n) is 2.78. The van der Waals surface area contributed by atoms with Crippen LogP contribution in [0.3, 0.4) is 0 Å². The maximum absolute atomic E-state index is 12.5. The number of hydrogen-bond acceptors (Lipinski definition) is 4. The zero-order valence-electron chi connectivity index (χ0n) is 14.8. The Balaban J connectivity index is 2.19. The summed E-state index contributed by atoms with van der Waals surface area (Å²) < 4.78 is 10.8. The number of aryl methyl sites for hydroxylation is 3. The summed E-state index contributed by atoms with van der Waals surface area (Å²) in [7, 11) is 0. The average Bonchev–Trinajstić information content (AvgIpc) is 2.81. The molecule has 0 atom stereocenters. The molecule has 0 fully saturated rings. The molecule has 0 aliphatic carbocycles. The van der Waals surface area contributed by atoms with Crippen molar-refractivity contribution in [3.05, 3.63) is 51.8 Å². The van der Waals surface area contributed by atoms with Crippen LogP contribution in [0.5, 0.6) is 5.75 Å². The highest BCUT2D eigenvalue weighted by Crippen LogP contribution is 2.23. The number of aromatic nitrogens is 1. The van der Waals surface area contributed by atoms with Crippen molar-refractivity contribution < 1.29 is 19.1 Å². The van der Waals surface area contributed by atoms with Gasteiger partial charge in [0.2, 0.25) is 5.78 Å². The van der Waals surface area contributed by atoms with E-state index in [1.165, 1.54) is 0 Å². The molecular weight excluding hydrogens is 306 g/mol. The van der Waals surface area contributed by atoms with Gasteiger partial charge in [0.05, 0.1) is 17.9 Å². The third-order valence-corrected chi connectivity index (χ3v) is 3.95. The molecule has 1 aromatic carbocycles. The lowest BCUT2D eigenvalue weighted by molar-refractivity contribution is 0.0525. The van der Waals surface area contributed by atoms with Gasteiger partial charge in [0.15, 0.2) is 6.61 Å². The monoisotopic (exact) mass is 329 g/mol. The number of carbonyl (C=O) groups excluding carboxylic acids is 2. The van der Waals surface area contributed by atoms with Crippen LogP contribution in [0.1, 0.15) is 50.2 Å². The van der Waals surface area contributed by atoms with E-state index in [9.17, 15) is 9.59 Å². The zero-order valence-corrected chi connectivity index (χ0v) is 14.8. The summed E-state index contributed by atoms with van der Waals surface area (Å²) in [6.45, 7) is 9.33. The Morgan fingerprint density at radius 1 is 1.08 bits per heavy atom. The van der Waals surface area contributed by atoms with E-state index in [0.717, 1.165) is 16.9 Å². The topological polar surface area (TPSA) is 68.4 Å². The number of hydrogen-bond donors (Lipinski definition) is 1. The molecule has 0 spiro atoms. The first-order chi connectivity index (χ1) is 11.4. The number of H-pyrrole nitrogens is 1. The van der Waals surface area contributed by atoms with Gasteiger partial charge in [-0.05, 0) is 51.3 Å². The number of carbonyl (C=O) groups is 2. The molecule has 5 nitrogen and oxygen atoms in total. The molecule has 0 radical (unpaired) electrons. The van der Waals surface area contributed by atoms with E-state index in [1.54, 1.807) is 20.8 Å². The Morgan fingerprint density at radius 3 is 2.29 bits per heavy atom. The van der Waals surface area contributed by atoms with Crippen molar-refractivity contribution in [1.82, 2.24) is 4.98 Å². The minimum Gasteiger partial charge on any atom is -0.485 e. The molecule has 128 valence electrons. The van der Waals surface area contributed by atoms with Crippen LogP contribution in [0, 0.1) is 27.7 Å². The zero-order chi connectivity index (χ0) is 17.9. The highest BCUT2D eigenvalue weighted by Gasteiger charge is 2.23. The first kappa shape index (κ1) is 17.8. The average molecular weight is 329 g/mol. The van der Waals surface area contributed by atoms with E-state index >= 15 is 0 Å². The van der Waals surface area contributed by atoms with Crippen LogP contribution in [0.2, 0.25) is 0 Å². The maximum atomic E-state index is 12.5. The summed E-state index contributed by atoms with van der Waals surface area (Å²) in [4.78, 5) is 27.5. The van der Waals surface area contributed by atoms with Gasteiger partial charge < -0.3 is 14.5 Å². The molecule has 1 aromatic heterocycles. The third-order valence-electron chi connectivity index (χ3n) is 3.95. The van der Waals surface area contributed by atoms with Crippen LogP contribution in [0.25, 0.3) is 0 Å². The molecule has 1 heterocycles. The van der Waals surface area contributed by atoms with E-state index in [1.807, 2.05) is 32.0 Å². The lowest BCUT2D eigenvalue weighted by Gasteiger charge is -2.11.